The van der Waals surface area contributed by atoms with Crippen molar-refractivity contribution < 1.29 is 46.5 Å². The van der Waals surface area contributed by atoms with Crippen LogP contribution in [-0.4, -0.2) is 51.3 Å². The summed E-state index contributed by atoms with van der Waals surface area (Å²) in [6, 6.07) is 0. The zero-order valence-electron chi connectivity index (χ0n) is 23.0. The Kier molecular flexibility index (Phi) is 12.6. The number of ketones is 1. The van der Waals surface area contributed by atoms with E-state index in [9.17, 15) is 46.5 Å². The summed E-state index contributed by atoms with van der Waals surface area (Å²) in [5.41, 5.74) is -2.60. The maximum absolute atomic E-state index is 12.8. The predicted molar refractivity (Wildman–Crippen MR) is 137 cm³/mol. The van der Waals surface area contributed by atoms with Gasteiger partial charge in [-0.1, -0.05) is 56.4 Å². The molecule has 0 radical (unpaired) electrons. The van der Waals surface area contributed by atoms with Gasteiger partial charge in [0.15, 0.2) is 0 Å². The van der Waals surface area contributed by atoms with E-state index in [0.29, 0.717) is 43.4 Å². The Bertz CT molecular complexity index is 822. The molecule has 2 rings (SSSR count). The van der Waals surface area contributed by atoms with Crippen molar-refractivity contribution in [2.75, 3.05) is 0 Å². The van der Waals surface area contributed by atoms with Gasteiger partial charge in [-0.15, -0.1) is 0 Å². The summed E-state index contributed by atoms with van der Waals surface area (Å²) in [4.78, 5) is 11.9. The highest BCUT2D eigenvalue weighted by atomic mass is 19.4. The highest BCUT2D eigenvalue weighted by Gasteiger charge is 2.70. The van der Waals surface area contributed by atoms with Crippen molar-refractivity contribution in [3.05, 3.63) is 23.3 Å². The minimum atomic E-state index is -5.98. The molecule has 2 aliphatic carbocycles. The van der Waals surface area contributed by atoms with Crippen molar-refractivity contribution in [1.29, 1.82) is 0 Å². The molecule has 4 nitrogen and oxygen atoms in total. The lowest BCUT2D eigenvalue weighted by Crippen LogP contribution is -2.57. The first-order chi connectivity index (χ1) is 18.0. The number of hydrogen-bond acceptors (Lipinski definition) is 4. The molecule has 226 valence electrons. The van der Waals surface area contributed by atoms with Crippen LogP contribution in [-0.2, 0) is 4.79 Å². The number of carbonyl (C=O) groups excluding carboxylic acids is 1. The van der Waals surface area contributed by atoms with Gasteiger partial charge in [-0.3, -0.25) is 4.79 Å². The van der Waals surface area contributed by atoms with Crippen LogP contribution in [0.4, 0.5) is 26.3 Å². The van der Waals surface area contributed by atoms with Gasteiger partial charge in [-0.25, -0.2) is 0 Å². The number of halogens is 6. The van der Waals surface area contributed by atoms with Crippen LogP contribution in [0.1, 0.15) is 104 Å². The number of aliphatic hydroxyl groups is 3. The highest BCUT2D eigenvalue weighted by Crippen LogP contribution is 2.45. The van der Waals surface area contributed by atoms with E-state index in [1.165, 1.54) is 5.57 Å². The molecular formula is C29H44F6O4. The Morgan fingerprint density at radius 1 is 0.923 bits per heavy atom. The van der Waals surface area contributed by atoms with Crippen LogP contribution in [0.15, 0.2) is 23.3 Å². The van der Waals surface area contributed by atoms with E-state index in [0.717, 1.165) is 50.5 Å². The quantitative estimate of drug-likeness (QED) is 0.200. The van der Waals surface area contributed by atoms with Crippen LogP contribution in [0.3, 0.4) is 0 Å². The van der Waals surface area contributed by atoms with E-state index in [1.807, 2.05) is 6.08 Å². The van der Waals surface area contributed by atoms with E-state index < -0.39 is 48.8 Å². The number of unbranched alkanes of at least 4 members (excludes halogenated alkanes) is 1. The Balaban J connectivity index is 1.84. The summed E-state index contributed by atoms with van der Waals surface area (Å²) < 4.78 is 76.9. The molecule has 0 amide bonds. The number of allylic oxidation sites excluding steroid dienone is 3. The van der Waals surface area contributed by atoms with Crippen LogP contribution < -0.4 is 0 Å². The number of rotatable bonds is 9. The van der Waals surface area contributed by atoms with Gasteiger partial charge in [0.05, 0.1) is 18.6 Å². The maximum atomic E-state index is 12.8. The second-order valence-corrected chi connectivity index (χ2v) is 11.8. The van der Waals surface area contributed by atoms with Crippen molar-refractivity contribution in [3.8, 4) is 0 Å². The topological polar surface area (TPSA) is 77.8 Å². The first-order valence-corrected chi connectivity index (χ1v) is 14.1. The molecule has 39 heavy (non-hydrogen) atoms. The van der Waals surface area contributed by atoms with Crippen LogP contribution in [0.2, 0.25) is 0 Å². The summed E-state index contributed by atoms with van der Waals surface area (Å²) in [6.07, 6.45) is -2.12. The smallest absolute Gasteiger partial charge is 0.393 e. The van der Waals surface area contributed by atoms with E-state index in [2.05, 4.69) is 19.9 Å². The molecule has 0 aromatic rings. The molecule has 0 aromatic carbocycles. The molecule has 0 aliphatic heterocycles. The van der Waals surface area contributed by atoms with Crippen LogP contribution in [0.5, 0.6) is 0 Å². The van der Waals surface area contributed by atoms with Crippen molar-refractivity contribution >= 4 is 5.78 Å². The molecule has 2 fully saturated rings. The molecule has 2 aliphatic rings. The van der Waals surface area contributed by atoms with Crippen LogP contribution >= 0.6 is 0 Å². The monoisotopic (exact) mass is 570 g/mol. The van der Waals surface area contributed by atoms with Gasteiger partial charge in [0.2, 0.25) is 0 Å². The Hall–Kier alpha value is -1.39. The highest BCUT2D eigenvalue weighted by molar-refractivity contribution is 5.79. The summed E-state index contributed by atoms with van der Waals surface area (Å²) in [6.45, 7) is 4.34. The molecule has 0 saturated heterocycles. The van der Waals surface area contributed by atoms with E-state index >= 15 is 0 Å². The molecule has 0 spiro atoms. The summed E-state index contributed by atoms with van der Waals surface area (Å²) >= 11 is 0. The molecule has 10 heteroatoms. The molecule has 2 saturated carbocycles. The Morgan fingerprint density at radius 3 is 2.03 bits per heavy atom. The largest absolute Gasteiger partial charge is 0.426 e. The van der Waals surface area contributed by atoms with Crippen molar-refractivity contribution in [3.63, 3.8) is 0 Å². The number of alkyl halides is 6. The first kappa shape index (κ1) is 33.8. The summed E-state index contributed by atoms with van der Waals surface area (Å²) in [7, 11) is 0. The number of carbonyl (C=O) groups is 1. The molecule has 0 heterocycles. The van der Waals surface area contributed by atoms with Crippen LogP contribution in [0, 0.1) is 17.8 Å². The first-order valence-electron chi connectivity index (χ1n) is 14.1. The van der Waals surface area contributed by atoms with Gasteiger partial charge in [0.1, 0.15) is 5.78 Å². The van der Waals surface area contributed by atoms with E-state index in [1.54, 1.807) is 0 Å². The third kappa shape index (κ3) is 10.2. The second kappa shape index (κ2) is 14.5. The number of hydrogen-bond donors (Lipinski definition) is 3. The fourth-order valence-electron chi connectivity index (χ4n) is 6.13. The van der Waals surface area contributed by atoms with Gasteiger partial charge in [0, 0.05) is 6.42 Å². The van der Waals surface area contributed by atoms with Gasteiger partial charge in [-0.05, 0) is 75.5 Å². The SMILES string of the molecule is C[C@H](CCCCC(=O)CC(O)(C(F)(F)F)C(F)(F)F)C1CCC/C(=C/C=C2C[C@@H](O)C[C@H](O)C2)CCC[C@@H]1C. The zero-order chi connectivity index (χ0) is 29.4. The molecule has 1 unspecified atom stereocenters. The lowest BCUT2D eigenvalue weighted by atomic mass is 9.76. The third-order valence-corrected chi connectivity index (χ3v) is 8.51. The second-order valence-electron chi connectivity index (χ2n) is 11.8. The average Bonchev–Trinajstić information content (AvgIpc) is 2.88. The standard InChI is InChI=1S/C29H44F6O4/c1-19(7-3-4-11-23(36)18-27(39,28(30,31)32)29(33,34)35)26-12-6-10-21(9-5-8-20(26)2)13-14-22-15-24(37)17-25(38)16-22/h13-14,19-20,24-26,37-39H,3-12,15-18H2,1-2H3/b21-13+/t19-,20+,24-,25-,26?/m1/s1. The normalized spacial score (nSPS) is 28.0. The Labute approximate surface area is 227 Å². The minimum Gasteiger partial charge on any atom is -0.393 e. The minimum absolute atomic E-state index is 0.182. The molecule has 0 aromatic heterocycles. The molecule has 3 N–H and O–H groups in total. The van der Waals surface area contributed by atoms with Gasteiger partial charge >= 0.3 is 12.4 Å². The van der Waals surface area contributed by atoms with Gasteiger partial charge in [-0.2, -0.15) is 26.3 Å². The lowest BCUT2D eigenvalue weighted by Gasteiger charge is -2.31. The van der Waals surface area contributed by atoms with Crippen molar-refractivity contribution in [2.45, 2.75) is 134 Å². The Morgan fingerprint density at radius 2 is 1.46 bits per heavy atom. The van der Waals surface area contributed by atoms with Crippen molar-refractivity contribution in [2.24, 2.45) is 17.8 Å². The fourth-order valence-corrected chi connectivity index (χ4v) is 6.13. The maximum Gasteiger partial charge on any atom is 0.426 e. The van der Waals surface area contributed by atoms with E-state index in [4.69, 9.17) is 0 Å². The van der Waals surface area contributed by atoms with Crippen molar-refractivity contribution in [1.82, 2.24) is 0 Å². The number of Topliss-reactive ketones (excluding diaryl/α,β-unsaturated/α-hetero) is 1. The zero-order valence-corrected chi connectivity index (χ0v) is 23.0. The fraction of sp³-hybridized carbons (Fsp3) is 0.828. The predicted octanol–water partition coefficient (Wildman–Crippen LogP) is 7.36. The third-order valence-electron chi connectivity index (χ3n) is 8.51. The lowest BCUT2D eigenvalue weighted by molar-refractivity contribution is -0.367. The van der Waals surface area contributed by atoms with Gasteiger partial charge < -0.3 is 15.3 Å². The molecule has 0 bridgehead atoms. The summed E-state index contributed by atoms with van der Waals surface area (Å²) in [5.74, 6) is -0.0449. The number of aliphatic hydroxyl groups excluding tert-OH is 2. The molecular weight excluding hydrogens is 526 g/mol. The summed E-state index contributed by atoms with van der Waals surface area (Å²) in [5, 5.41) is 29.0. The average molecular weight is 571 g/mol. The van der Waals surface area contributed by atoms with Crippen LogP contribution in [0.25, 0.3) is 0 Å². The van der Waals surface area contributed by atoms with Gasteiger partial charge in [0.25, 0.3) is 5.60 Å². The molecule has 5 atom stereocenters. The van der Waals surface area contributed by atoms with E-state index in [-0.39, 0.29) is 6.42 Å².